The van der Waals surface area contributed by atoms with Crippen LogP contribution in [0.5, 0.6) is 0 Å². The molecule has 1 aromatic rings. The zero-order chi connectivity index (χ0) is 12.8. The van der Waals surface area contributed by atoms with Crippen LogP contribution in [0.3, 0.4) is 0 Å². The summed E-state index contributed by atoms with van der Waals surface area (Å²) in [4.78, 5) is 7.20. The molecule has 1 aliphatic rings. The summed E-state index contributed by atoms with van der Waals surface area (Å²) < 4.78 is 0. The Morgan fingerprint density at radius 1 is 1.11 bits per heavy atom. The van der Waals surface area contributed by atoms with Crippen molar-refractivity contribution in [3.8, 4) is 0 Å². The second kappa shape index (κ2) is 6.98. The highest BCUT2D eigenvalue weighted by Gasteiger charge is 2.11. The van der Waals surface area contributed by atoms with Crippen molar-refractivity contribution in [2.24, 2.45) is 0 Å². The quantitative estimate of drug-likeness (QED) is 0.764. The van der Waals surface area contributed by atoms with Crippen LogP contribution in [0.4, 0.5) is 5.82 Å². The van der Waals surface area contributed by atoms with Crippen LogP contribution in [0.2, 0.25) is 0 Å². The molecule has 0 bridgehead atoms. The van der Waals surface area contributed by atoms with E-state index >= 15 is 0 Å². The van der Waals surface area contributed by atoms with E-state index in [0.29, 0.717) is 5.88 Å². The van der Waals surface area contributed by atoms with Crippen LogP contribution in [0.1, 0.15) is 50.3 Å². The number of halogens is 1. The van der Waals surface area contributed by atoms with Crippen LogP contribution in [0.15, 0.2) is 12.1 Å². The first-order valence-corrected chi connectivity index (χ1v) is 7.67. The van der Waals surface area contributed by atoms with E-state index in [1.807, 2.05) is 0 Å². The van der Waals surface area contributed by atoms with Gasteiger partial charge in [0.05, 0.1) is 0 Å². The molecule has 2 nitrogen and oxygen atoms in total. The minimum absolute atomic E-state index is 0.580. The maximum Gasteiger partial charge on any atom is 0.129 e. The van der Waals surface area contributed by atoms with Crippen molar-refractivity contribution in [2.45, 2.75) is 51.3 Å². The standard InChI is InChI=1S/C15H23ClN2/c1-2-14-10-13(12-16)11-15(17-14)18-8-6-4-3-5-7-9-18/h10-11H,2-9,12H2,1H3. The predicted octanol–water partition coefficient (Wildman–Crippen LogP) is 4.15. The SMILES string of the molecule is CCc1cc(CCl)cc(N2CCCCCCC2)n1. The second-order valence-corrected chi connectivity index (χ2v) is 5.33. The van der Waals surface area contributed by atoms with Crippen molar-refractivity contribution >= 4 is 17.4 Å². The van der Waals surface area contributed by atoms with Crippen molar-refractivity contribution in [1.82, 2.24) is 4.98 Å². The van der Waals surface area contributed by atoms with Crippen LogP contribution in [0, 0.1) is 0 Å². The summed E-state index contributed by atoms with van der Waals surface area (Å²) in [6.07, 6.45) is 7.65. The van der Waals surface area contributed by atoms with Gasteiger partial charge in [-0.2, -0.15) is 0 Å². The lowest BCUT2D eigenvalue weighted by molar-refractivity contribution is 0.553. The maximum absolute atomic E-state index is 5.98. The fourth-order valence-corrected chi connectivity index (χ4v) is 2.68. The molecular weight excluding hydrogens is 244 g/mol. The largest absolute Gasteiger partial charge is 0.357 e. The van der Waals surface area contributed by atoms with Gasteiger partial charge in [-0.1, -0.05) is 26.2 Å². The van der Waals surface area contributed by atoms with E-state index in [-0.39, 0.29) is 0 Å². The van der Waals surface area contributed by atoms with E-state index in [1.54, 1.807) is 0 Å². The summed E-state index contributed by atoms with van der Waals surface area (Å²) >= 11 is 5.98. The Bertz CT molecular complexity index is 349. The lowest BCUT2D eigenvalue weighted by atomic mass is 10.1. The normalized spacial score (nSPS) is 17.3. The number of alkyl halides is 1. The summed E-state index contributed by atoms with van der Waals surface area (Å²) in [5.41, 5.74) is 2.35. The van der Waals surface area contributed by atoms with E-state index < -0.39 is 0 Å². The van der Waals surface area contributed by atoms with Crippen LogP contribution in [0.25, 0.3) is 0 Å². The number of anilines is 1. The summed E-state index contributed by atoms with van der Waals surface area (Å²) in [7, 11) is 0. The number of hydrogen-bond acceptors (Lipinski definition) is 2. The smallest absolute Gasteiger partial charge is 0.129 e. The first-order chi connectivity index (χ1) is 8.83. The molecule has 1 aromatic heterocycles. The summed E-state index contributed by atoms with van der Waals surface area (Å²) in [6, 6.07) is 4.29. The van der Waals surface area contributed by atoms with Gasteiger partial charge in [0.2, 0.25) is 0 Å². The number of aromatic nitrogens is 1. The van der Waals surface area contributed by atoms with Gasteiger partial charge in [-0.15, -0.1) is 11.6 Å². The third-order valence-electron chi connectivity index (χ3n) is 3.62. The highest BCUT2D eigenvalue weighted by Crippen LogP contribution is 2.20. The molecule has 0 spiro atoms. The summed E-state index contributed by atoms with van der Waals surface area (Å²) in [5.74, 6) is 1.71. The third kappa shape index (κ3) is 3.61. The molecule has 1 fully saturated rings. The van der Waals surface area contributed by atoms with Crippen molar-refractivity contribution in [3.05, 3.63) is 23.4 Å². The van der Waals surface area contributed by atoms with Crippen LogP contribution >= 0.6 is 11.6 Å². The first kappa shape index (κ1) is 13.7. The molecule has 0 radical (unpaired) electrons. The Hall–Kier alpha value is -0.760. The van der Waals surface area contributed by atoms with Gasteiger partial charge in [-0.05, 0) is 37.0 Å². The molecule has 0 atom stereocenters. The van der Waals surface area contributed by atoms with E-state index in [4.69, 9.17) is 16.6 Å². The molecule has 100 valence electrons. The highest BCUT2D eigenvalue weighted by atomic mass is 35.5. The molecule has 0 saturated carbocycles. The van der Waals surface area contributed by atoms with E-state index in [0.717, 1.165) is 31.0 Å². The van der Waals surface area contributed by atoms with E-state index in [1.165, 1.54) is 37.7 Å². The van der Waals surface area contributed by atoms with Gasteiger partial charge in [0.1, 0.15) is 5.82 Å². The van der Waals surface area contributed by atoms with Crippen molar-refractivity contribution < 1.29 is 0 Å². The van der Waals surface area contributed by atoms with Crippen LogP contribution < -0.4 is 4.90 Å². The van der Waals surface area contributed by atoms with Crippen LogP contribution in [-0.4, -0.2) is 18.1 Å². The monoisotopic (exact) mass is 266 g/mol. The minimum Gasteiger partial charge on any atom is -0.357 e. The number of hydrogen-bond donors (Lipinski definition) is 0. The average molecular weight is 267 g/mol. The zero-order valence-corrected chi connectivity index (χ0v) is 12.0. The van der Waals surface area contributed by atoms with Crippen LogP contribution in [-0.2, 0) is 12.3 Å². The second-order valence-electron chi connectivity index (χ2n) is 5.07. The molecule has 0 unspecified atom stereocenters. The van der Waals surface area contributed by atoms with Gasteiger partial charge < -0.3 is 4.90 Å². The summed E-state index contributed by atoms with van der Waals surface area (Å²) in [5, 5.41) is 0. The molecule has 1 saturated heterocycles. The summed E-state index contributed by atoms with van der Waals surface area (Å²) in [6.45, 7) is 4.43. The van der Waals surface area contributed by atoms with E-state index in [2.05, 4.69) is 24.0 Å². The Morgan fingerprint density at radius 2 is 1.78 bits per heavy atom. The van der Waals surface area contributed by atoms with Gasteiger partial charge in [0.15, 0.2) is 0 Å². The highest BCUT2D eigenvalue weighted by molar-refractivity contribution is 6.17. The van der Waals surface area contributed by atoms with Gasteiger partial charge in [-0.25, -0.2) is 4.98 Å². The molecule has 0 amide bonds. The Morgan fingerprint density at radius 3 is 2.39 bits per heavy atom. The van der Waals surface area contributed by atoms with Gasteiger partial charge in [0.25, 0.3) is 0 Å². The van der Waals surface area contributed by atoms with Gasteiger partial charge >= 0.3 is 0 Å². The molecule has 2 rings (SSSR count). The molecular formula is C15H23ClN2. The topological polar surface area (TPSA) is 16.1 Å². The van der Waals surface area contributed by atoms with Crippen molar-refractivity contribution in [3.63, 3.8) is 0 Å². The fourth-order valence-electron chi connectivity index (χ4n) is 2.53. The Kier molecular flexibility index (Phi) is 5.30. The molecule has 18 heavy (non-hydrogen) atoms. The molecule has 1 aliphatic heterocycles. The number of rotatable bonds is 3. The maximum atomic E-state index is 5.98. The number of pyridine rings is 1. The first-order valence-electron chi connectivity index (χ1n) is 7.14. The average Bonchev–Trinajstić information content (AvgIpc) is 2.37. The Balaban J connectivity index is 2.18. The lowest BCUT2D eigenvalue weighted by Crippen LogP contribution is -2.28. The molecule has 3 heteroatoms. The molecule has 0 aliphatic carbocycles. The number of nitrogens with zero attached hydrogens (tertiary/aromatic N) is 2. The number of aryl methyl sites for hydroxylation is 1. The Labute approximate surface area is 115 Å². The third-order valence-corrected chi connectivity index (χ3v) is 3.93. The van der Waals surface area contributed by atoms with Crippen molar-refractivity contribution in [2.75, 3.05) is 18.0 Å². The zero-order valence-electron chi connectivity index (χ0n) is 11.3. The predicted molar refractivity (Wildman–Crippen MR) is 78.5 cm³/mol. The van der Waals surface area contributed by atoms with Gasteiger partial charge in [0, 0.05) is 24.7 Å². The molecule has 0 aromatic carbocycles. The lowest BCUT2D eigenvalue weighted by Gasteiger charge is -2.26. The van der Waals surface area contributed by atoms with E-state index in [9.17, 15) is 0 Å². The molecule has 2 heterocycles. The minimum atomic E-state index is 0.580. The van der Waals surface area contributed by atoms with Gasteiger partial charge in [-0.3, -0.25) is 0 Å². The fraction of sp³-hybridized carbons (Fsp3) is 0.667. The molecule has 0 N–H and O–H groups in total. The van der Waals surface area contributed by atoms with Crippen molar-refractivity contribution in [1.29, 1.82) is 0 Å².